The van der Waals surface area contributed by atoms with Gasteiger partial charge >= 0.3 is 0 Å². The first-order valence-electron chi connectivity index (χ1n) is 6.67. The first-order chi connectivity index (χ1) is 10.7. The van der Waals surface area contributed by atoms with Gasteiger partial charge in [0, 0.05) is 0 Å². The van der Waals surface area contributed by atoms with E-state index in [1.807, 2.05) is 48.5 Å². The third kappa shape index (κ3) is 2.54. The van der Waals surface area contributed by atoms with Crippen molar-refractivity contribution in [2.45, 2.75) is 0 Å². The van der Waals surface area contributed by atoms with E-state index in [1.165, 1.54) is 0 Å². The molecule has 6 heteroatoms. The van der Waals surface area contributed by atoms with Crippen LogP contribution in [0.15, 0.2) is 48.5 Å². The number of hydrogen-bond acceptors (Lipinski definition) is 2. The second kappa shape index (κ2) is 5.65. The van der Waals surface area contributed by atoms with Gasteiger partial charge in [-0.05, 0) is 81.6 Å². The van der Waals surface area contributed by atoms with Crippen molar-refractivity contribution in [3.05, 3.63) is 55.9 Å². The van der Waals surface area contributed by atoms with Crippen molar-refractivity contribution in [2.24, 2.45) is 0 Å². The summed E-state index contributed by atoms with van der Waals surface area (Å²) in [6.45, 7) is 0. The summed E-state index contributed by atoms with van der Waals surface area (Å²) in [4.78, 5) is 16.3. The maximum Gasteiger partial charge on any atom is 0.115 e. The Morgan fingerprint density at radius 1 is 0.636 bits per heavy atom. The van der Waals surface area contributed by atoms with Crippen LogP contribution in [-0.2, 0) is 0 Å². The number of H-pyrrole nitrogens is 2. The minimum Gasteiger partial charge on any atom is -0.349 e. The quantitative estimate of drug-likeness (QED) is 0.379. The van der Waals surface area contributed by atoms with Gasteiger partial charge in [0.2, 0.25) is 0 Å². The number of fused-ring (bicyclic) bond motifs is 1. The first kappa shape index (κ1) is 14.2. The van der Waals surface area contributed by atoms with Gasteiger partial charge in [-0.1, -0.05) is 12.1 Å². The minimum absolute atomic E-state index is 0.861. The topological polar surface area (TPSA) is 57.4 Å². The van der Waals surface area contributed by atoms with Crippen molar-refractivity contribution in [3.8, 4) is 22.8 Å². The van der Waals surface area contributed by atoms with Crippen molar-refractivity contribution in [1.82, 2.24) is 19.9 Å². The number of para-hydroxylation sites is 2. The molecule has 4 rings (SSSR count). The predicted molar refractivity (Wildman–Crippen MR) is 105 cm³/mol. The third-order valence-corrected chi connectivity index (χ3v) is 4.64. The number of nitrogens with one attached hydrogen (secondary N) is 2. The van der Waals surface area contributed by atoms with Crippen molar-refractivity contribution in [3.63, 3.8) is 0 Å². The fourth-order valence-corrected chi connectivity index (χ4v) is 3.33. The molecule has 0 spiro atoms. The molecule has 0 fully saturated rings. The molecule has 0 saturated carbocycles. The smallest absolute Gasteiger partial charge is 0.115 e. The maximum atomic E-state index is 4.82. The Labute approximate surface area is 154 Å². The molecule has 0 aliphatic rings. The van der Waals surface area contributed by atoms with E-state index in [1.54, 1.807) is 0 Å². The van der Waals surface area contributed by atoms with E-state index in [9.17, 15) is 0 Å². The molecule has 0 aliphatic carbocycles. The largest absolute Gasteiger partial charge is 0.349 e. The summed E-state index contributed by atoms with van der Waals surface area (Å²) in [7, 11) is 0. The highest BCUT2D eigenvalue weighted by Crippen LogP contribution is 2.30. The van der Waals surface area contributed by atoms with E-state index in [0.29, 0.717) is 0 Å². The number of aromatic amines is 2. The highest BCUT2D eigenvalue weighted by Gasteiger charge is 2.15. The zero-order valence-electron chi connectivity index (χ0n) is 11.3. The molecule has 22 heavy (non-hydrogen) atoms. The molecular weight excluding hydrogens is 502 g/mol. The Bertz CT molecular complexity index is 892. The Balaban J connectivity index is 2.03. The molecule has 0 saturated heterocycles. The van der Waals surface area contributed by atoms with E-state index in [2.05, 4.69) is 55.1 Å². The monoisotopic (exact) mass is 512 g/mol. The lowest BCUT2D eigenvalue weighted by molar-refractivity contribution is 1.22. The molecular formula is C16H10I2N4. The van der Waals surface area contributed by atoms with E-state index in [-0.39, 0.29) is 0 Å². The van der Waals surface area contributed by atoms with Gasteiger partial charge in [-0.3, -0.25) is 0 Å². The Hall–Kier alpha value is -1.42. The number of rotatable bonds is 2. The van der Waals surface area contributed by atoms with E-state index in [4.69, 9.17) is 9.97 Å². The van der Waals surface area contributed by atoms with Crippen LogP contribution in [-0.4, -0.2) is 19.9 Å². The molecule has 4 aromatic rings. The molecule has 2 N–H and O–H groups in total. The van der Waals surface area contributed by atoms with Crippen LogP contribution < -0.4 is 0 Å². The van der Waals surface area contributed by atoms with Crippen LogP contribution in [0.25, 0.3) is 33.8 Å². The number of halogens is 2. The molecule has 4 nitrogen and oxygen atoms in total. The van der Waals surface area contributed by atoms with Gasteiger partial charge < -0.3 is 9.97 Å². The van der Waals surface area contributed by atoms with Crippen LogP contribution in [0.5, 0.6) is 0 Å². The van der Waals surface area contributed by atoms with Crippen molar-refractivity contribution in [1.29, 1.82) is 0 Å². The lowest BCUT2D eigenvalue weighted by atomic mass is 10.1. The van der Waals surface area contributed by atoms with E-state index >= 15 is 0 Å². The summed E-state index contributed by atoms with van der Waals surface area (Å²) in [6.07, 6.45) is 0. The molecule has 0 atom stereocenters. The fourth-order valence-electron chi connectivity index (χ4n) is 2.39. The van der Waals surface area contributed by atoms with Gasteiger partial charge in [0.25, 0.3) is 0 Å². The lowest BCUT2D eigenvalue weighted by Crippen LogP contribution is -1.96. The predicted octanol–water partition coefficient (Wildman–Crippen LogP) is 4.83. The van der Waals surface area contributed by atoms with Crippen LogP contribution in [0.3, 0.4) is 0 Å². The zero-order valence-corrected chi connectivity index (χ0v) is 15.6. The summed E-state index contributed by atoms with van der Waals surface area (Å²) >= 11 is 4.53. The van der Waals surface area contributed by atoms with Crippen molar-refractivity contribution in [2.75, 3.05) is 0 Å². The molecule has 0 unspecified atom stereocenters. The van der Waals surface area contributed by atoms with E-state index in [0.717, 1.165) is 41.2 Å². The minimum atomic E-state index is 0.861. The first-order valence-corrected chi connectivity index (χ1v) is 8.83. The molecule has 0 amide bonds. The lowest BCUT2D eigenvalue weighted by Gasteiger charge is -2.07. The molecule has 108 valence electrons. The van der Waals surface area contributed by atoms with Crippen molar-refractivity contribution >= 4 is 56.2 Å². The SMILES string of the molecule is Ic1ccc(-c2nc3ccccc3nc2-c2ccc(I)[nH]2)[nH]1. The fraction of sp³-hybridized carbons (Fsp3) is 0. The second-order valence-electron chi connectivity index (χ2n) is 4.85. The number of nitrogens with zero attached hydrogens (tertiary/aromatic N) is 2. The third-order valence-electron chi connectivity index (χ3n) is 3.38. The van der Waals surface area contributed by atoms with Crippen LogP contribution in [0.1, 0.15) is 0 Å². The number of hydrogen-bond donors (Lipinski definition) is 2. The van der Waals surface area contributed by atoms with Gasteiger partial charge in [0.15, 0.2) is 0 Å². The molecule has 1 aromatic carbocycles. The van der Waals surface area contributed by atoms with E-state index < -0.39 is 0 Å². The van der Waals surface area contributed by atoms with Gasteiger partial charge in [-0.15, -0.1) is 0 Å². The zero-order chi connectivity index (χ0) is 15.1. The normalized spacial score (nSPS) is 11.2. The van der Waals surface area contributed by atoms with Gasteiger partial charge in [0.1, 0.15) is 11.4 Å². The van der Waals surface area contributed by atoms with Gasteiger partial charge in [0.05, 0.1) is 29.8 Å². The summed E-state index contributed by atoms with van der Waals surface area (Å²) in [5.41, 5.74) is 5.46. The second-order valence-corrected chi connectivity index (χ2v) is 7.17. The summed E-state index contributed by atoms with van der Waals surface area (Å²) in [6, 6.07) is 16.1. The van der Waals surface area contributed by atoms with Gasteiger partial charge in [-0.25, -0.2) is 9.97 Å². The van der Waals surface area contributed by atoms with Crippen LogP contribution in [0, 0.1) is 7.40 Å². The Kier molecular flexibility index (Phi) is 3.65. The molecule has 3 aromatic heterocycles. The summed E-state index contributed by atoms with van der Waals surface area (Å²) in [5, 5.41) is 0. The number of aromatic nitrogens is 4. The maximum absolute atomic E-state index is 4.82. The Morgan fingerprint density at radius 3 is 1.45 bits per heavy atom. The molecule has 0 radical (unpaired) electrons. The van der Waals surface area contributed by atoms with Crippen molar-refractivity contribution < 1.29 is 0 Å². The Morgan fingerprint density at radius 2 is 1.09 bits per heavy atom. The molecule has 3 heterocycles. The standard InChI is InChI=1S/C16H10I2N4/c17-13-7-5-11(19-13)15-16(12-6-8-14(18)20-12)22-10-4-2-1-3-9(10)21-15/h1-8,19-20H. The molecule has 0 aliphatic heterocycles. The van der Waals surface area contributed by atoms with Crippen LogP contribution >= 0.6 is 45.2 Å². The molecule has 0 bridgehead atoms. The summed E-state index contributed by atoms with van der Waals surface area (Å²) in [5.74, 6) is 0. The average molecular weight is 512 g/mol. The number of benzene rings is 1. The van der Waals surface area contributed by atoms with Crippen LogP contribution in [0.4, 0.5) is 0 Å². The summed E-state index contributed by atoms with van der Waals surface area (Å²) < 4.78 is 2.16. The van der Waals surface area contributed by atoms with Crippen LogP contribution in [0.2, 0.25) is 0 Å². The highest BCUT2D eigenvalue weighted by atomic mass is 127. The average Bonchev–Trinajstić information content (AvgIpc) is 3.14. The highest BCUT2D eigenvalue weighted by molar-refractivity contribution is 14.1. The van der Waals surface area contributed by atoms with Gasteiger partial charge in [-0.2, -0.15) is 0 Å².